The number of nitrogens with one attached hydrogen (secondary N) is 1. The van der Waals surface area contributed by atoms with Crippen LogP contribution in [-0.2, 0) is 4.79 Å². The molecule has 2 aromatic carbocycles. The molecule has 0 spiro atoms. The van der Waals surface area contributed by atoms with Crippen LogP contribution in [0.1, 0.15) is 16.7 Å². The number of ether oxygens (including phenoxy) is 1. The first-order chi connectivity index (χ1) is 11.1. The first kappa shape index (κ1) is 16.5. The molecule has 0 radical (unpaired) electrons. The smallest absolute Gasteiger partial charge is 0.277 e. The van der Waals surface area contributed by atoms with E-state index in [-0.39, 0.29) is 12.5 Å². The summed E-state index contributed by atoms with van der Waals surface area (Å²) in [7, 11) is 0. The summed E-state index contributed by atoms with van der Waals surface area (Å²) in [4.78, 5) is 11.6. The number of nitriles is 1. The molecular weight excluding hydrogens is 314 g/mol. The average Bonchev–Trinajstić information content (AvgIpc) is 2.56. The lowest BCUT2D eigenvalue weighted by Gasteiger charge is -2.06. The van der Waals surface area contributed by atoms with Crippen LogP contribution in [0.5, 0.6) is 5.75 Å². The van der Waals surface area contributed by atoms with Crippen LogP contribution in [0.3, 0.4) is 0 Å². The molecule has 0 unspecified atom stereocenters. The third-order valence-electron chi connectivity index (χ3n) is 2.94. The lowest BCUT2D eigenvalue weighted by Crippen LogP contribution is -2.24. The molecule has 2 aromatic rings. The molecule has 1 N–H and O–H groups in total. The minimum absolute atomic E-state index is 0.147. The van der Waals surface area contributed by atoms with E-state index in [1.165, 1.54) is 6.21 Å². The van der Waals surface area contributed by atoms with Gasteiger partial charge in [0.2, 0.25) is 0 Å². The van der Waals surface area contributed by atoms with Gasteiger partial charge in [0.1, 0.15) is 5.75 Å². The van der Waals surface area contributed by atoms with Gasteiger partial charge in [0, 0.05) is 5.02 Å². The van der Waals surface area contributed by atoms with Gasteiger partial charge in [0.15, 0.2) is 6.61 Å². The summed E-state index contributed by atoms with van der Waals surface area (Å²) in [5, 5.41) is 13.2. The van der Waals surface area contributed by atoms with E-state index < -0.39 is 0 Å². The van der Waals surface area contributed by atoms with Crippen LogP contribution >= 0.6 is 11.6 Å². The van der Waals surface area contributed by atoms with Gasteiger partial charge in [-0.3, -0.25) is 4.79 Å². The van der Waals surface area contributed by atoms with Crippen LogP contribution < -0.4 is 10.2 Å². The van der Waals surface area contributed by atoms with Gasteiger partial charge in [-0.05, 0) is 48.4 Å². The Bertz CT molecular complexity index is 764. The van der Waals surface area contributed by atoms with Crippen LogP contribution in [0.4, 0.5) is 0 Å². The van der Waals surface area contributed by atoms with Crippen molar-refractivity contribution in [2.75, 3.05) is 6.61 Å². The molecule has 1 amide bonds. The maximum absolute atomic E-state index is 11.6. The fourth-order valence-electron chi connectivity index (χ4n) is 1.71. The maximum atomic E-state index is 11.6. The molecule has 2 rings (SSSR count). The van der Waals surface area contributed by atoms with E-state index in [1.54, 1.807) is 42.5 Å². The number of hydrogen-bond donors (Lipinski definition) is 1. The summed E-state index contributed by atoms with van der Waals surface area (Å²) in [6.07, 6.45) is 1.49. The first-order valence-electron chi connectivity index (χ1n) is 6.79. The van der Waals surface area contributed by atoms with Crippen LogP contribution in [0, 0.1) is 18.3 Å². The molecule has 0 fully saturated rings. The second-order valence-corrected chi connectivity index (χ2v) is 5.13. The van der Waals surface area contributed by atoms with E-state index in [1.807, 2.05) is 13.0 Å². The topological polar surface area (TPSA) is 74.5 Å². The molecule has 0 aliphatic carbocycles. The summed E-state index contributed by atoms with van der Waals surface area (Å²) in [5.74, 6) is 0.195. The Hall–Kier alpha value is -2.84. The van der Waals surface area contributed by atoms with Crippen molar-refractivity contribution in [1.29, 1.82) is 5.26 Å². The second kappa shape index (κ2) is 7.97. The van der Waals surface area contributed by atoms with Gasteiger partial charge in [0.25, 0.3) is 5.91 Å². The molecule has 0 bridgehead atoms. The predicted octanol–water partition coefficient (Wildman–Crippen LogP) is 3.05. The number of aryl methyl sites for hydroxylation is 1. The van der Waals surface area contributed by atoms with Crippen molar-refractivity contribution in [2.45, 2.75) is 6.92 Å². The third-order valence-corrected chi connectivity index (χ3v) is 3.37. The Balaban J connectivity index is 1.81. The van der Waals surface area contributed by atoms with E-state index in [9.17, 15) is 4.79 Å². The molecule has 23 heavy (non-hydrogen) atoms. The maximum Gasteiger partial charge on any atom is 0.277 e. The second-order valence-electron chi connectivity index (χ2n) is 4.73. The lowest BCUT2D eigenvalue weighted by atomic mass is 10.2. The average molecular weight is 328 g/mol. The molecule has 5 nitrogen and oxygen atoms in total. The fourth-order valence-corrected chi connectivity index (χ4v) is 1.83. The first-order valence-corrected chi connectivity index (χ1v) is 7.17. The van der Waals surface area contributed by atoms with E-state index in [0.717, 1.165) is 11.1 Å². The highest BCUT2D eigenvalue weighted by molar-refractivity contribution is 6.31. The highest BCUT2D eigenvalue weighted by Crippen LogP contribution is 2.20. The van der Waals surface area contributed by atoms with Gasteiger partial charge in [-0.1, -0.05) is 23.7 Å². The summed E-state index contributed by atoms with van der Waals surface area (Å²) < 4.78 is 5.36. The Labute approximate surface area is 139 Å². The number of hydrazone groups is 1. The normalized spacial score (nSPS) is 10.3. The fraction of sp³-hybridized carbons (Fsp3) is 0.118. The largest absolute Gasteiger partial charge is 0.484 e. The van der Waals surface area contributed by atoms with Crippen molar-refractivity contribution < 1.29 is 9.53 Å². The number of rotatable bonds is 5. The zero-order chi connectivity index (χ0) is 16.7. The van der Waals surface area contributed by atoms with E-state index >= 15 is 0 Å². The molecule has 0 aromatic heterocycles. The van der Waals surface area contributed by atoms with Crippen LogP contribution in [0.15, 0.2) is 47.6 Å². The predicted molar refractivity (Wildman–Crippen MR) is 88.6 cm³/mol. The molecule has 0 atom stereocenters. The Kier molecular flexibility index (Phi) is 5.73. The summed E-state index contributed by atoms with van der Waals surface area (Å²) in [5.41, 5.74) is 4.59. The molecule has 0 aliphatic rings. The van der Waals surface area contributed by atoms with Gasteiger partial charge in [-0.15, -0.1) is 0 Å². The zero-order valence-corrected chi connectivity index (χ0v) is 13.2. The van der Waals surface area contributed by atoms with Crippen molar-refractivity contribution in [3.05, 3.63) is 64.2 Å². The summed E-state index contributed by atoms with van der Waals surface area (Å²) in [6.45, 7) is 1.71. The molecule has 0 saturated carbocycles. The Morgan fingerprint density at radius 3 is 2.74 bits per heavy atom. The number of benzene rings is 2. The summed E-state index contributed by atoms with van der Waals surface area (Å²) in [6, 6.07) is 14.0. The van der Waals surface area contributed by atoms with Crippen LogP contribution in [-0.4, -0.2) is 18.7 Å². The van der Waals surface area contributed by atoms with Gasteiger partial charge in [-0.25, -0.2) is 5.43 Å². The zero-order valence-electron chi connectivity index (χ0n) is 12.4. The minimum atomic E-state index is -0.373. The molecule has 6 heteroatoms. The monoisotopic (exact) mass is 327 g/mol. The van der Waals surface area contributed by atoms with Crippen molar-refractivity contribution >= 4 is 23.7 Å². The van der Waals surface area contributed by atoms with E-state index in [0.29, 0.717) is 16.3 Å². The SMILES string of the molecule is Cc1cc(OCC(=O)N/N=C/c2ccc(C#N)cc2)ccc1Cl. The van der Waals surface area contributed by atoms with E-state index in [2.05, 4.69) is 10.5 Å². The number of carbonyl (C=O) groups excluding carboxylic acids is 1. The van der Waals surface area contributed by atoms with Crippen molar-refractivity contribution in [2.24, 2.45) is 5.10 Å². The van der Waals surface area contributed by atoms with Crippen molar-refractivity contribution in [3.8, 4) is 11.8 Å². The van der Waals surface area contributed by atoms with Gasteiger partial charge >= 0.3 is 0 Å². The van der Waals surface area contributed by atoms with Crippen LogP contribution in [0.25, 0.3) is 0 Å². The van der Waals surface area contributed by atoms with Crippen LogP contribution in [0.2, 0.25) is 5.02 Å². The molecule has 0 heterocycles. The number of carbonyl (C=O) groups is 1. The number of halogens is 1. The van der Waals surface area contributed by atoms with Crippen molar-refractivity contribution in [1.82, 2.24) is 5.43 Å². The van der Waals surface area contributed by atoms with Gasteiger partial charge < -0.3 is 4.74 Å². The Morgan fingerprint density at radius 1 is 1.35 bits per heavy atom. The molecule has 116 valence electrons. The third kappa shape index (κ3) is 5.13. The number of nitrogens with zero attached hydrogens (tertiary/aromatic N) is 2. The standard InChI is InChI=1S/C17H14ClN3O2/c1-12-8-15(6-7-16(12)18)23-11-17(22)21-20-10-14-4-2-13(9-19)3-5-14/h2-8,10H,11H2,1H3,(H,21,22)/b20-10+. The number of amides is 1. The highest BCUT2D eigenvalue weighted by Gasteiger charge is 2.03. The van der Waals surface area contributed by atoms with E-state index in [4.69, 9.17) is 21.6 Å². The highest BCUT2D eigenvalue weighted by atomic mass is 35.5. The lowest BCUT2D eigenvalue weighted by molar-refractivity contribution is -0.123. The summed E-state index contributed by atoms with van der Waals surface area (Å²) >= 11 is 5.92. The molecular formula is C17H14ClN3O2. The quantitative estimate of drug-likeness (QED) is 0.677. The molecule has 0 aliphatic heterocycles. The van der Waals surface area contributed by atoms with Crippen molar-refractivity contribution in [3.63, 3.8) is 0 Å². The molecule has 0 saturated heterocycles. The van der Waals surface area contributed by atoms with Gasteiger partial charge in [-0.2, -0.15) is 10.4 Å². The number of hydrogen-bond acceptors (Lipinski definition) is 4. The Morgan fingerprint density at radius 2 is 2.09 bits per heavy atom. The van der Waals surface area contributed by atoms with Gasteiger partial charge in [0.05, 0.1) is 17.8 Å². The minimum Gasteiger partial charge on any atom is -0.484 e.